The number of rotatable bonds is 7. The van der Waals surface area contributed by atoms with E-state index in [0.29, 0.717) is 11.6 Å². The molecule has 1 rings (SSSR count). The maximum atomic E-state index is 12.0. The van der Waals surface area contributed by atoms with Crippen LogP contribution in [0.3, 0.4) is 0 Å². The van der Waals surface area contributed by atoms with Crippen LogP contribution in [0.1, 0.15) is 25.5 Å². The first-order valence-electron chi connectivity index (χ1n) is 6.72. The molecule has 0 aliphatic heterocycles. The summed E-state index contributed by atoms with van der Waals surface area (Å²) in [4.78, 5) is 12.0. The van der Waals surface area contributed by atoms with Crippen molar-refractivity contribution in [1.29, 1.82) is 0 Å². The fraction of sp³-hybridized carbons (Fsp3) is 0.533. The van der Waals surface area contributed by atoms with E-state index < -0.39 is 0 Å². The van der Waals surface area contributed by atoms with Crippen LogP contribution in [0.15, 0.2) is 24.3 Å². The van der Waals surface area contributed by atoms with Gasteiger partial charge >= 0.3 is 0 Å². The number of nitrogens with one attached hydrogen (secondary N) is 2. The van der Waals surface area contributed by atoms with Crippen LogP contribution in [-0.4, -0.2) is 32.7 Å². The monoisotopic (exact) mass is 334 g/mol. The highest BCUT2D eigenvalue weighted by molar-refractivity contribution is 6.30. The Balaban J connectivity index is 0.00000400. The van der Waals surface area contributed by atoms with Crippen molar-refractivity contribution in [1.82, 2.24) is 10.6 Å². The molecule has 21 heavy (non-hydrogen) atoms. The Morgan fingerprint density at radius 1 is 1.29 bits per heavy atom. The second-order valence-electron chi connectivity index (χ2n) is 4.96. The first-order valence-corrected chi connectivity index (χ1v) is 7.10. The number of amides is 1. The predicted molar refractivity (Wildman–Crippen MR) is 89.1 cm³/mol. The van der Waals surface area contributed by atoms with Crippen LogP contribution in [0, 0.1) is 5.92 Å². The van der Waals surface area contributed by atoms with Crippen molar-refractivity contribution in [3.8, 4) is 0 Å². The van der Waals surface area contributed by atoms with E-state index in [9.17, 15) is 4.79 Å². The van der Waals surface area contributed by atoms with Gasteiger partial charge in [-0.1, -0.05) is 30.7 Å². The molecule has 0 fully saturated rings. The van der Waals surface area contributed by atoms with Crippen LogP contribution in [0.5, 0.6) is 0 Å². The minimum atomic E-state index is -0.196. The van der Waals surface area contributed by atoms with E-state index in [1.54, 1.807) is 7.11 Å². The Kier molecular flexibility index (Phi) is 9.62. The molecule has 1 aromatic carbocycles. The maximum absolute atomic E-state index is 12.0. The molecular weight excluding hydrogens is 311 g/mol. The van der Waals surface area contributed by atoms with Crippen molar-refractivity contribution in [2.24, 2.45) is 5.92 Å². The number of hydrogen-bond donors (Lipinski definition) is 2. The number of benzene rings is 1. The molecule has 0 saturated carbocycles. The summed E-state index contributed by atoms with van der Waals surface area (Å²) >= 11 is 5.88. The second-order valence-corrected chi connectivity index (χ2v) is 5.40. The van der Waals surface area contributed by atoms with Gasteiger partial charge in [0.25, 0.3) is 0 Å². The average Bonchev–Trinajstić information content (AvgIpc) is 2.42. The summed E-state index contributed by atoms with van der Waals surface area (Å²) in [5, 5.41) is 6.67. The molecule has 4 nitrogen and oxygen atoms in total. The third kappa shape index (κ3) is 6.22. The Morgan fingerprint density at radius 3 is 2.33 bits per heavy atom. The number of ether oxygens (including phenoxy) is 1. The molecule has 1 amide bonds. The zero-order valence-corrected chi connectivity index (χ0v) is 14.4. The quantitative estimate of drug-likeness (QED) is 0.806. The van der Waals surface area contributed by atoms with Crippen LogP contribution >= 0.6 is 24.0 Å². The number of carbonyl (C=O) groups excluding carboxylic acids is 1. The van der Waals surface area contributed by atoms with Gasteiger partial charge in [0.1, 0.15) is 6.10 Å². The molecule has 0 bridgehead atoms. The van der Waals surface area contributed by atoms with Gasteiger partial charge in [0.15, 0.2) is 0 Å². The van der Waals surface area contributed by atoms with Crippen molar-refractivity contribution in [2.45, 2.75) is 26.0 Å². The predicted octanol–water partition coefficient (Wildman–Crippen LogP) is 2.81. The van der Waals surface area contributed by atoms with Crippen molar-refractivity contribution in [3.63, 3.8) is 0 Å². The number of methoxy groups -OCH3 is 1. The molecule has 0 heterocycles. The van der Waals surface area contributed by atoms with E-state index in [1.165, 1.54) is 0 Å². The summed E-state index contributed by atoms with van der Waals surface area (Å²) in [6, 6.07) is 7.35. The molecule has 0 saturated heterocycles. The Labute approximate surface area is 138 Å². The van der Waals surface area contributed by atoms with Gasteiger partial charge in [-0.05, 0) is 31.7 Å². The molecule has 1 aromatic rings. The molecule has 0 radical (unpaired) electrons. The molecule has 120 valence electrons. The number of hydrogen-bond acceptors (Lipinski definition) is 3. The maximum Gasteiger partial charge on any atom is 0.224 e. The molecule has 0 aromatic heterocycles. The van der Waals surface area contributed by atoms with E-state index >= 15 is 0 Å². The molecule has 6 heteroatoms. The first-order chi connectivity index (χ1) is 9.49. The summed E-state index contributed by atoms with van der Waals surface area (Å²) in [5.74, 6) is -0.0620. The van der Waals surface area contributed by atoms with Crippen LogP contribution in [-0.2, 0) is 9.53 Å². The number of halogens is 2. The van der Waals surface area contributed by atoms with Crippen LogP contribution in [0.25, 0.3) is 0 Å². The highest BCUT2D eigenvalue weighted by Gasteiger charge is 2.22. The van der Waals surface area contributed by atoms with Gasteiger partial charge in [-0.15, -0.1) is 12.4 Å². The molecule has 0 spiro atoms. The SMILES string of the molecule is CNCC(C)C(=O)NC(C)C(OC)c1ccc(Cl)cc1.Cl. The smallest absolute Gasteiger partial charge is 0.224 e. The fourth-order valence-corrected chi connectivity index (χ4v) is 2.25. The van der Waals surface area contributed by atoms with E-state index in [2.05, 4.69) is 10.6 Å². The largest absolute Gasteiger partial charge is 0.375 e. The summed E-state index contributed by atoms with van der Waals surface area (Å²) in [6.07, 6.45) is -0.196. The lowest BCUT2D eigenvalue weighted by molar-refractivity contribution is -0.126. The third-order valence-electron chi connectivity index (χ3n) is 3.23. The summed E-state index contributed by atoms with van der Waals surface area (Å²) in [6.45, 7) is 4.48. The summed E-state index contributed by atoms with van der Waals surface area (Å²) in [5.41, 5.74) is 0.992. The van der Waals surface area contributed by atoms with E-state index in [4.69, 9.17) is 16.3 Å². The standard InChI is InChI=1S/C15H23ClN2O2.ClH/c1-10(9-17-3)15(19)18-11(2)14(20-4)12-5-7-13(16)8-6-12;/h5-8,10-11,14,17H,9H2,1-4H3,(H,18,19);1H. The molecule has 0 aliphatic rings. The van der Waals surface area contributed by atoms with Crippen molar-refractivity contribution in [3.05, 3.63) is 34.9 Å². The zero-order chi connectivity index (χ0) is 15.1. The lowest BCUT2D eigenvalue weighted by Gasteiger charge is -2.25. The summed E-state index contributed by atoms with van der Waals surface area (Å²) < 4.78 is 5.51. The molecule has 3 atom stereocenters. The Morgan fingerprint density at radius 2 is 1.86 bits per heavy atom. The van der Waals surface area contributed by atoms with Gasteiger partial charge in [-0.3, -0.25) is 4.79 Å². The third-order valence-corrected chi connectivity index (χ3v) is 3.49. The fourth-order valence-electron chi connectivity index (χ4n) is 2.12. The van der Waals surface area contributed by atoms with Gasteiger partial charge in [-0.2, -0.15) is 0 Å². The van der Waals surface area contributed by atoms with Crippen molar-refractivity contribution < 1.29 is 9.53 Å². The van der Waals surface area contributed by atoms with Gasteiger partial charge in [0.2, 0.25) is 5.91 Å². The second kappa shape index (κ2) is 10.0. The van der Waals surface area contributed by atoms with E-state index in [-0.39, 0.29) is 36.4 Å². The number of carbonyl (C=O) groups is 1. The van der Waals surface area contributed by atoms with E-state index in [0.717, 1.165) is 5.56 Å². The lowest BCUT2D eigenvalue weighted by Crippen LogP contribution is -2.42. The zero-order valence-electron chi connectivity index (χ0n) is 12.9. The van der Waals surface area contributed by atoms with Gasteiger partial charge in [-0.25, -0.2) is 0 Å². The molecule has 3 unspecified atom stereocenters. The molecule has 2 N–H and O–H groups in total. The van der Waals surface area contributed by atoms with Crippen LogP contribution < -0.4 is 10.6 Å². The molecule has 0 aliphatic carbocycles. The van der Waals surface area contributed by atoms with E-state index in [1.807, 2.05) is 45.2 Å². The lowest BCUT2D eigenvalue weighted by atomic mass is 10.0. The van der Waals surface area contributed by atoms with Crippen LogP contribution in [0.2, 0.25) is 5.02 Å². The topological polar surface area (TPSA) is 50.4 Å². The highest BCUT2D eigenvalue weighted by atomic mass is 35.5. The van der Waals surface area contributed by atoms with Gasteiger partial charge in [0.05, 0.1) is 6.04 Å². The Hall–Kier alpha value is -0.810. The van der Waals surface area contributed by atoms with Crippen LogP contribution in [0.4, 0.5) is 0 Å². The average molecular weight is 335 g/mol. The van der Waals surface area contributed by atoms with Gasteiger partial charge in [0, 0.05) is 24.6 Å². The minimum absolute atomic E-state index is 0. The van der Waals surface area contributed by atoms with Crippen molar-refractivity contribution >= 4 is 29.9 Å². The van der Waals surface area contributed by atoms with Crippen molar-refractivity contribution in [2.75, 3.05) is 20.7 Å². The minimum Gasteiger partial charge on any atom is -0.375 e. The van der Waals surface area contributed by atoms with Gasteiger partial charge < -0.3 is 15.4 Å². The Bertz CT molecular complexity index is 426. The summed E-state index contributed by atoms with van der Waals surface area (Å²) in [7, 11) is 3.47. The highest BCUT2D eigenvalue weighted by Crippen LogP contribution is 2.22. The molecular formula is C15H24Cl2N2O2. The normalized spacial score (nSPS) is 14.7. The first kappa shape index (κ1) is 20.2.